The van der Waals surface area contributed by atoms with Crippen LogP contribution >= 0.6 is 11.6 Å². The number of hydrogen-bond donors (Lipinski definition) is 1. The molecule has 1 aromatic carbocycles. The van der Waals surface area contributed by atoms with E-state index < -0.39 is 0 Å². The number of ether oxygens (including phenoxy) is 2. The topological polar surface area (TPSA) is 22.9 Å². The average molecular weight is 285 g/mol. The molecular weight excluding hydrogens is 262 g/mol. The van der Waals surface area contributed by atoms with Crippen LogP contribution in [0.4, 0.5) is 0 Å². The van der Waals surface area contributed by atoms with Gasteiger partial charge in [0.05, 0.1) is 26.4 Å². The van der Waals surface area contributed by atoms with Gasteiger partial charge in [-0.2, -0.15) is 0 Å². The van der Waals surface area contributed by atoms with Gasteiger partial charge in [0.2, 0.25) is 0 Å². The third-order valence-corrected chi connectivity index (χ3v) is 3.95. The van der Waals surface area contributed by atoms with Gasteiger partial charge in [-0.25, -0.2) is 0 Å². The van der Waals surface area contributed by atoms with Crippen LogP contribution in [0.3, 0.4) is 0 Å². The van der Waals surface area contributed by atoms with Gasteiger partial charge in [-0.3, -0.25) is 0 Å². The van der Waals surface area contributed by atoms with Crippen LogP contribution in [0, 0.1) is 6.92 Å². The molecule has 19 heavy (non-hydrogen) atoms. The molecular formula is C15H23ClNO2+. The first kappa shape index (κ1) is 14.6. The van der Waals surface area contributed by atoms with E-state index >= 15 is 0 Å². The standard InChI is InChI=1S/C15H22ClNO2/c1-13-12-14(4-5-15(13)16)19-9-3-2-6-17-7-10-18-11-8-17/h4-5,12H,2-3,6-11H2,1H3/p+1. The molecule has 106 valence electrons. The Kier molecular flexibility index (Phi) is 5.95. The quantitative estimate of drug-likeness (QED) is 0.804. The van der Waals surface area contributed by atoms with Crippen LogP contribution in [0.25, 0.3) is 0 Å². The maximum Gasteiger partial charge on any atom is 0.119 e. The second kappa shape index (κ2) is 7.73. The third-order valence-electron chi connectivity index (χ3n) is 3.52. The zero-order chi connectivity index (χ0) is 13.5. The van der Waals surface area contributed by atoms with Crippen molar-refractivity contribution in [3.63, 3.8) is 0 Å². The molecule has 0 spiro atoms. The van der Waals surface area contributed by atoms with E-state index in [9.17, 15) is 0 Å². The van der Waals surface area contributed by atoms with Crippen molar-refractivity contribution in [3.05, 3.63) is 28.8 Å². The number of hydrogen-bond acceptors (Lipinski definition) is 2. The van der Waals surface area contributed by atoms with E-state index in [2.05, 4.69) is 0 Å². The summed E-state index contributed by atoms with van der Waals surface area (Å²) >= 11 is 5.98. The summed E-state index contributed by atoms with van der Waals surface area (Å²) in [5.74, 6) is 0.917. The van der Waals surface area contributed by atoms with Gasteiger partial charge in [0, 0.05) is 5.02 Å². The van der Waals surface area contributed by atoms with Gasteiger partial charge in [-0.15, -0.1) is 0 Å². The third kappa shape index (κ3) is 5.01. The summed E-state index contributed by atoms with van der Waals surface area (Å²) in [4.78, 5) is 1.66. The second-order valence-electron chi connectivity index (χ2n) is 5.08. The molecule has 0 saturated carbocycles. The molecule has 1 saturated heterocycles. The Hall–Kier alpha value is -0.770. The highest BCUT2D eigenvalue weighted by Gasteiger charge is 2.12. The van der Waals surface area contributed by atoms with Crippen LogP contribution in [0.15, 0.2) is 18.2 Å². The molecule has 1 N–H and O–H groups in total. The normalized spacial score (nSPS) is 16.5. The van der Waals surface area contributed by atoms with E-state index in [-0.39, 0.29) is 0 Å². The largest absolute Gasteiger partial charge is 0.494 e. The van der Waals surface area contributed by atoms with Crippen molar-refractivity contribution in [2.45, 2.75) is 19.8 Å². The van der Waals surface area contributed by atoms with Crippen LogP contribution in [0.5, 0.6) is 5.75 Å². The summed E-state index contributed by atoms with van der Waals surface area (Å²) in [6.07, 6.45) is 2.31. The first-order chi connectivity index (χ1) is 9.25. The summed E-state index contributed by atoms with van der Waals surface area (Å²) in [7, 11) is 0. The van der Waals surface area contributed by atoms with E-state index in [1.165, 1.54) is 13.0 Å². The number of rotatable bonds is 6. The van der Waals surface area contributed by atoms with Gasteiger partial charge in [-0.05, 0) is 43.5 Å². The molecule has 1 aromatic rings. The van der Waals surface area contributed by atoms with Crippen molar-refractivity contribution < 1.29 is 14.4 Å². The van der Waals surface area contributed by atoms with E-state index in [4.69, 9.17) is 21.1 Å². The van der Waals surface area contributed by atoms with E-state index in [1.54, 1.807) is 4.90 Å². The molecule has 0 amide bonds. The molecule has 1 fully saturated rings. The highest BCUT2D eigenvalue weighted by Crippen LogP contribution is 2.21. The van der Waals surface area contributed by atoms with Gasteiger partial charge in [-0.1, -0.05) is 11.6 Å². The summed E-state index contributed by atoms with van der Waals surface area (Å²) in [5, 5.41) is 0.795. The summed E-state index contributed by atoms with van der Waals surface area (Å²) in [6.45, 7) is 8.13. The molecule has 0 atom stereocenters. The number of aryl methyl sites for hydroxylation is 1. The molecule has 4 heteroatoms. The van der Waals surface area contributed by atoms with Crippen LogP contribution in [-0.2, 0) is 4.74 Å². The maximum absolute atomic E-state index is 5.98. The Balaban J connectivity index is 1.59. The number of benzene rings is 1. The predicted molar refractivity (Wildman–Crippen MR) is 77.3 cm³/mol. The Morgan fingerprint density at radius 3 is 2.79 bits per heavy atom. The van der Waals surface area contributed by atoms with Gasteiger partial charge in [0.25, 0.3) is 0 Å². The molecule has 0 aliphatic carbocycles. The van der Waals surface area contributed by atoms with Crippen LogP contribution in [0.2, 0.25) is 5.02 Å². The van der Waals surface area contributed by atoms with Gasteiger partial charge < -0.3 is 14.4 Å². The molecule has 3 nitrogen and oxygen atoms in total. The fraction of sp³-hybridized carbons (Fsp3) is 0.600. The van der Waals surface area contributed by atoms with Crippen molar-refractivity contribution in [3.8, 4) is 5.75 Å². The molecule has 0 unspecified atom stereocenters. The minimum absolute atomic E-state index is 0.783. The molecule has 1 aliphatic heterocycles. The number of unbranched alkanes of at least 4 members (excludes halogenated alkanes) is 1. The summed E-state index contributed by atoms with van der Waals surface area (Å²) < 4.78 is 11.1. The minimum atomic E-state index is 0.783. The fourth-order valence-corrected chi connectivity index (χ4v) is 2.40. The van der Waals surface area contributed by atoms with E-state index in [1.807, 2.05) is 25.1 Å². The van der Waals surface area contributed by atoms with E-state index in [0.717, 1.165) is 55.7 Å². The van der Waals surface area contributed by atoms with Gasteiger partial charge >= 0.3 is 0 Å². The van der Waals surface area contributed by atoms with Crippen molar-refractivity contribution in [2.24, 2.45) is 0 Å². The van der Waals surface area contributed by atoms with Crippen molar-refractivity contribution in [2.75, 3.05) is 39.5 Å². The minimum Gasteiger partial charge on any atom is -0.494 e. The first-order valence-electron chi connectivity index (χ1n) is 7.06. The molecule has 2 rings (SSSR count). The Labute approximate surface area is 120 Å². The van der Waals surface area contributed by atoms with Crippen molar-refractivity contribution in [1.29, 1.82) is 0 Å². The summed E-state index contributed by atoms with van der Waals surface area (Å²) in [6, 6.07) is 5.82. The first-order valence-corrected chi connectivity index (χ1v) is 7.44. The lowest BCUT2D eigenvalue weighted by Gasteiger charge is -2.23. The second-order valence-corrected chi connectivity index (χ2v) is 5.49. The molecule has 1 heterocycles. The smallest absolute Gasteiger partial charge is 0.119 e. The lowest BCUT2D eigenvalue weighted by atomic mass is 10.2. The molecule has 1 aliphatic rings. The molecule has 0 radical (unpaired) electrons. The highest BCUT2D eigenvalue weighted by atomic mass is 35.5. The maximum atomic E-state index is 5.98. The molecule has 0 aromatic heterocycles. The molecule has 0 bridgehead atoms. The van der Waals surface area contributed by atoms with Crippen LogP contribution < -0.4 is 9.64 Å². The Morgan fingerprint density at radius 2 is 2.05 bits per heavy atom. The van der Waals surface area contributed by atoms with Crippen LogP contribution in [0.1, 0.15) is 18.4 Å². The number of nitrogens with one attached hydrogen (secondary N) is 1. The van der Waals surface area contributed by atoms with Gasteiger partial charge in [0.15, 0.2) is 0 Å². The number of quaternary nitrogens is 1. The highest BCUT2D eigenvalue weighted by molar-refractivity contribution is 6.31. The average Bonchev–Trinajstić information content (AvgIpc) is 2.43. The lowest BCUT2D eigenvalue weighted by Crippen LogP contribution is -3.14. The SMILES string of the molecule is Cc1cc(OCCCC[NH+]2CCOCC2)ccc1Cl. The van der Waals surface area contributed by atoms with Crippen molar-refractivity contribution in [1.82, 2.24) is 0 Å². The fourth-order valence-electron chi connectivity index (χ4n) is 2.28. The zero-order valence-corrected chi connectivity index (χ0v) is 12.3. The monoisotopic (exact) mass is 284 g/mol. The Morgan fingerprint density at radius 1 is 1.26 bits per heavy atom. The van der Waals surface area contributed by atoms with E-state index in [0.29, 0.717) is 0 Å². The van der Waals surface area contributed by atoms with Gasteiger partial charge in [0.1, 0.15) is 18.8 Å². The lowest BCUT2D eigenvalue weighted by molar-refractivity contribution is -0.908. The number of morpholine rings is 1. The zero-order valence-electron chi connectivity index (χ0n) is 11.6. The van der Waals surface area contributed by atoms with Crippen LogP contribution in [-0.4, -0.2) is 39.5 Å². The number of halogens is 1. The Bertz CT molecular complexity index is 392. The van der Waals surface area contributed by atoms with Crippen molar-refractivity contribution >= 4 is 11.6 Å². The predicted octanol–water partition coefficient (Wildman–Crippen LogP) is 1.72. The summed E-state index contributed by atoms with van der Waals surface area (Å²) in [5.41, 5.74) is 1.07.